The van der Waals surface area contributed by atoms with Crippen LogP contribution in [0, 0.1) is 13.8 Å². The Balaban J connectivity index is 2.00. The van der Waals surface area contributed by atoms with E-state index in [-0.39, 0.29) is 10.8 Å². The Morgan fingerprint density at radius 2 is 1.74 bits per heavy atom. The van der Waals surface area contributed by atoms with Crippen LogP contribution in [0.25, 0.3) is 0 Å². The topological polar surface area (TPSA) is 96.0 Å². The van der Waals surface area contributed by atoms with Crippen LogP contribution in [0.1, 0.15) is 25.0 Å². The van der Waals surface area contributed by atoms with Crippen molar-refractivity contribution < 1.29 is 22.7 Å². The average molecular weight is 397 g/mol. The molecule has 150 valence electrons. The number of carbonyl (C=O) groups excluding carboxylic acids is 2. The number of amides is 2. The van der Waals surface area contributed by atoms with Crippen LogP contribution >= 0.6 is 0 Å². The molecule has 1 fully saturated rings. The molecular weight excluding hydrogens is 370 g/mol. The van der Waals surface area contributed by atoms with Crippen LogP contribution in [0.4, 0.5) is 4.79 Å². The maximum atomic E-state index is 12.7. The molecule has 27 heavy (non-hydrogen) atoms. The number of rotatable bonds is 5. The lowest BCUT2D eigenvalue weighted by molar-refractivity contribution is -0.134. The van der Waals surface area contributed by atoms with Gasteiger partial charge in [0.1, 0.15) is 0 Å². The van der Waals surface area contributed by atoms with Gasteiger partial charge in [-0.05, 0) is 44.9 Å². The second kappa shape index (κ2) is 8.71. The van der Waals surface area contributed by atoms with Crippen molar-refractivity contribution in [3.05, 3.63) is 29.3 Å². The average Bonchev–Trinajstić information content (AvgIpc) is 2.63. The second-order valence-electron chi connectivity index (χ2n) is 6.62. The van der Waals surface area contributed by atoms with Gasteiger partial charge < -0.3 is 14.5 Å². The highest BCUT2D eigenvalue weighted by atomic mass is 32.2. The van der Waals surface area contributed by atoms with Crippen molar-refractivity contribution in [1.82, 2.24) is 14.5 Å². The van der Waals surface area contributed by atoms with Crippen molar-refractivity contribution in [1.29, 1.82) is 0 Å². The molecule has 2 rings (SSSR count). The molecule has 8 nitrogen and oxygen atoms in total. The molecule has 0 aromatic heterocycles. The molecule has 0 saturated carbocycles. The first-order valence-corrected chi connectivity index (χ1v) is 10.4. The number of ether oxygens (including phenoxy) is 1. The van der Waals surface area contributed by atoms with Gasteiger partial charge in [0.25, 0.3) is 0 Å². The van der Waals surface area contributed by atoms with E-state index in [1.807, 2.05) is 13.0 Å². The highest BCUT2D eigenvalue weighted by molar-refractivity contribution is 7.89. The molecule has 0 aliphatic carbocycles. The van der Waals surface area contributed by atoms with Gasteiger partial charge in [-0.15, -0.1) is 0 Å². The molecule has 1 aliphatic rings. The van der Waals surface area contributed by atoms with E-state index >= 15 is 0 Å². The molecule has 1 aromatic rings. The number of piperazine rings is 1. The van der Waals surface area contributed by atoms with E-state index in [0.29, 0.717) is 38.3 Å². The van der Waals surface area contributed by atoms with Crippen molar-refractivity contribution in [2.75, 3.05) is 32.8 Å². The van der Waals surface area contributed by atoms with Crippen LogP contribution in [0.15, 0.2) is 23.1 Å². The zero-order valence-electron chi connectivity index (χ0n) is 16.2. The van der Waals surface area contributed by atoms with Gasteiger partial charge in [-0.3, -0.25) is 4.79 Å². The van der Waals surface area contributed by atoms with Crippen molar-refractivity contribution in [2.24, 2.45) is 0 Å². The summed E-state index contributed by atoms with van der Waals surface area (Å²) in [5, 5.41) is 0. The smallest absolute Gasteiger partial charge is 0.409 e. The molecule has 0 spiro atoms. The molecule has 1 saturated heterocycles. The zero-order chi connectivity index (χ0) is 20.2. The maximum absolute atomic E-state index is 12.7. The number of nitrogens with zero attached hydrogens (tertiary/aromatic N) is 2. The van der Waals surface area contributed by atoms with E-state index in [0.717, 1.165) is 5.56 Å². The fourth-order valence-corrected chi connectivity index (χ4v) is 4.47. The van der Waals surface area contributed by atoms with E-state index in [4.69, 9.17) is 4.74 Å². The van der Waals surface area contributed by atoms with Crippen molar-refractivity contribution in [3.63, 3.8) is 0 Å². The van der Waals surface area contributed by atoms with Crippen molar-refractivity contribution >= 4 is 22.0 Å². The van der Waals surface area contributed by atoms with Gasteiger partial charge in [-0.1, -0.05) is 12.1 Å². The monoisotopic (exact) mass is 397 g/mol. The van der Waals surface area contributed by atoms with Crippen LogP contribution in [-0.2, 0) is 19.6 Å². The van der Waals surface area contributed by atoms with E-state index < -0.39 is 22.2 Å². The third-order valence-corrected chi connectivity index (χ3v) is 6.14. The fraction of sp³-hybridized carbons (Fsp3) is 0.556. The third kappa shape index (κ3) is 5.20. The van der Waals surface area contributed by atoms with Gasteiger partial charge >= 0.3 is 6.09 Å². The SMILES string of the molecule is CCOC(=O)N1CCN(C(=O)[C@@H](C)NS(=O)(=O)c2cc(C)ccc2C)CC1. The Hall–Kier alpha value is -2.13. The second-order valence-corrected chi connectivity index (χ2v) is 8.31. The lowest BCUT2D eigenvalue weighted by Gasteiger charge is -2.35. The van der Waals surface area contributed by atoms with E-state index in [9.17, 15) is 18.0 Å². The molecule has 2 amide bonds. The summed E-state index contributed by atoms with van der Waals surface area (Å²) in [5.41, 5.74) is 1.45. The quantitative estimate of drug-likeness (QED) is 0.807. The molecule has 1 aliphatic heterocycles. The molecule has 0 radical (unpaired) electrons. The van der Waals surface area contributed by atoms with Crippen LogP contribution in [-0.4, -0.2) is 69.0 Å². The molecule has 0 bridgehead atoms. The number of benzene rings is 1. The van der Waals surface area contributed by atoms with Crippen molar-refractivity contribution in [3.8, 4) is 0 Å². The van der Waals surface area contributed by atoms with Gasteiger partial charge in [-0.25, -0.2) is 13.2 Å². The standard InChI is InChI=1S/C18H27N3O5S/c1-5-26-18(23)21-10-8-20(9-11-21)17(22)15(4)19-27(24,25)16-12-13(2)6-7-14(16)3/h6-7,12,15,19H,5,8-11H2,1-4H3/t15-/m1/s1. The number of carbonyl (C=O) groups is 2. The van der Waals surface area contributed by atoms with Crippen LogP contribution < -0.4 is 4.72 Å². The molecule has 0 unspecified atom stereocenters. The maximum Gasteiger partial charge on any atom is 0.409 e. The highest BCUT2D eigenvalue weighted by Crippen LogP contribution is 2.17. The Bertz CT molecular complexity index is 801. The normalized spacial score (nSPS) is 16.1. The van der Waals surface area contributed by atoms with E-state index in [1.54, 1.807) is 30.9 Å². The summed E-state index contributed by atoms with van der Waals surface area (Å²) in [4.78, 5) is 27.6. The van der Waals surface area contributed by atoms with Gasteiger partial charge in [0, 0.05) is 26.2 Å². The summed E-state index contributed by atoms with van der Waals surface area (Å²) in [5.74, 6) is -0.313. The van der Waals surface area contributed by atoms with Gasteiger partial charge in [-0.2, -0.15) is 4.72 Å². The van der Waals surface area contributed by atoms with Gasteiger partial charge in [0.05, 0.1) is 17.5 Å². The van der Waals surface area contributed by atoms with Crippen molar-refractivity contribution in [2.45, 2.75) is 38.6 Å². The van der Waals surface area contributed by atoms with Gasteiger partial charge in [0.2, 0.25) is 15.9 Å². The van der Waals surface area contributed by atoms with E-state index in [1.165, 1.54) is 11.8 Å². The van der Waals surface area contributed by atoms with Crippen LogP contribution in [0.5, 0.6) is 0 Å². The number of nitrogens with one attached hydrogen (secondary N) is 1. The Morgan fingerprint density at radius 1 is 1.15 bits per heavy atom. The minimum absolute atomic E-state index is 0.175. The highest BCUT2D eigenvalue weighted by Gasteiger charge is 2.30. The number of hydrogen-bond acceptors (Lipinski definition) is 5. The largest absolute Gasteiger partial charge is 0.450 e. The fourth-order valence-electron chi connectivity index (χ4n) is 2.94. The summed E-state index contributed by atoms with van der Waals surface area (Å²) < 4.78 is 32.7. The Labute approximate surface area is 160 Å². The molecule has 1 N–H and O–H groups in total. The van der Waals surface area contributed by atoms with Gasteiger partial charge in [0.15, 0.2) is 0 Å². The first-order chi connectivity index (χ1) is 12.7. The van der Waals surface area contributed by atoms with E-state index in [2.05, 4.69) is 4.72 Å². The number of hydrogen-bond donors (Lipinski definition) is 1. The number of sulfonamides is 1. The summed E-state index contributed by atoms with van der Waals surface area (Å²) in [6.07, 6.45) is -0.395. The lowest BCUT2D eigenvalue weighted by Crippen LogP contribution is -2.55. The first-order valence-electron chi connectivity index (χ1n) is 8.95. The molecule has 1 aromatic carbocycles. The summed E-state index contributed by atoms with van der Waals surface area (Å²) >= 11 is 0. The first kappa shape index (κ1) is 21.2. The summed E-state index contributed by atoms with van der Waals surface area (Å²) in [6.45, 7) is 8.51. The number of aryl methyl sites for hydroxylation is 2. The Morgan fingerprint density at radius 3 is 2.33 bits per heavy atom. The van der Waals surface area contributed by atoms with Crippen LogP contribution in [0.2, 0.25) is 0 Å². The predicted octanol–water partition coefficient (Wildman–Crippen LogP) is 1.27. The molecule has 9 heteroatoms. The Kier molecular flexibility index (Phi) is 6.83. The van der Waals surface area contributed by atoms with Crippen LogP contribution in [0.3, 0.4) is 0 Å². The zero-order valence-corrected chi connectivity index (χ0v) is 17.0. The minimum atomic E-state index is -3.81. The molecule has 1 heterocycles. The minimum Gasteiger partial charge on any atom is -0.450 e. The predicted molar refractivity (Wildman–Crippen MR) is 101 cm³/mol. The molecule has 1 atom stereocenters. The third-order valence-electron chi connectivity index (χ3n) is 4.45. The lowest BCUT2D eigenvalue weighted by atomic mass is 10.2. The summed E-state index contributed by atoms with van der Waals surface area (Å²) in [7, 11) is -3.81. The molecular formula is C18H27N3O5S. The summed E-state index contributed by atoms with van der Waals surface area (Å²) in [6, 6.07) is 4.27.